The Kier molecular flexibility index (Phi) is 6.22. The lowest BCUT2D eigenvalue weighted by atomic mass is 9.79. The molecule has 1 amide bonds. The molecule has 0 bridgehead atoms. The standard InChI is InChI=1S/C24H27F3N2O3/c1-31-20-11-19-18(4-3-9-29(19)14-15-5-7-17(25)8-6-15)23(32-2)22(20)28-21(30)10-16-12-24(26,27)13-16/h5-8,11,16H,3-4,9-10,12-14H2,1-2H3,(H,28,30). The molecule has 0 saturated heterocycles. The Morgan fingerprint density at radius 1 is 1.19 bits per heavy atom. The number of hydrogen-bond donors (Lipinski definition) is 1. The van der Waals surface area contributed by atoms with E-state index < -0.39 is 5.92 Å². The van der Waals surface area contributed by atoms with Crippen LogP contribution in [0, 0.1) is 11.7 Å². The summed E-state index contributed by atoms with van der Waals surface area (Å²) in [6.07, 6.45) is 1.19. The van der Waals surface area contributed by atoms with Gasteiger partial charge in [0.25, 0.3) is 0 Å². The van der Waals surface area contributed by atoms with E-state index in [-0.39, 0.29) is 36.9 Å². The zero-order valence-corrected chi connectivity index (χ0v) is 18.2. The summed E-state index contributed by atoms with van der Waals surface area (Å²) in [7, 11) is 3.05. The second kappa shape index (κ2) is 8.92. The normalized spacial score (nSPS) is 17.3. The average molecular weight is 448 g/mol. The quantitative estimate of drug-likeness (QED) is 0.635. The van der Waals surface area contributed by atoms with Crippen molar-refractivity contribution in [1.29, 1.82) is 0 Å². The van der Waals surface area contributed by atoms with Crippen molar-refractivity contribution in [3.05, 3.63) is 47.3 Å². The van der Waals surface area contributed by atoms with Crippen LogP contribution in [0.15, 0.2) is 30.3 Å². The molecular weight excluding hydrogens is 421 g/mol. The van der Waals surface area contributed by atoms with Gasteiger partial charge in [-0.3, -0.25) is 4.79 Å². The molecule has 32 heavy (non-hydrogen) atoms. The number of halogens is 3. The third-order valence-corrected chi connectivity index (χ3v) is 6.14. The van der Waals surface area contributed by atoms with Crippen molar-refractivity contribution in [2.75, 3.05) is 31.0 Å². The van der Waals surface area contributed by atoms with Gasteiger partial charge in [0.1, 0.15) is 17.3 Å². The molecule has 2 aliphatic rings. The Morgan fingerprint density at radius 3 is 2.53 bits per heavy atom. The topological polar surface area (TPSA) is 50.8 Å². The molecule has 1 N–H and O–H groups in total. The van der Waals surface area contributed by atoms with Crippen molar-refractivity contribution in [2.45, 2.75) is 44.6 Å². The minimum absolute atomic E-state index is 0.0374. The van der Waals surface area contributed by atoms with Gasteiger partial charge in [-0.05, 0) is 36.5 Å². The maximum absolute atomic E-state index is 13.3. The second-order valence-electron chi connectivity index (χ2n) is 8.52. The van der Waals surface area contributed by atoms with Crippen LogP contribution in [0.2, 0.25) is 0 Å². The van der Waals surface area contributed by atoms with Gasteiger partial charge in [0, 0.05) is 49.7 Å². The first-order chi connectivity index (χ1) is 15.3. The lowest BCUT2D eigenvalue weighted by Crippen LogP contribution is -2.37. The third kappa shape index (κ3) is 4.64. The van der Waals surface area contributed by atoms with Crippen LogP contribution >= 0.6 is 0 Å². The van der Waals surface area contributed by atoms with Crippen LogP contribution in [0.4, 0.5) is 24.5 Å². The van der Waals surface area contributed by atoms with Gasteiger partial charge in [-0.15, -0.1) is 0 Å². The number of rotatable bonds is 7. The Morgan fingerprint density at radius 2 is 1.91 bits per heavy atom. The number of benzene rings is 2. The number of amides is 1. The number of methoxy groups -OCH3 is 2. The van der Waals surface area contributed by atoms with Crippen molar-refractivity contribution >= 4 is 17.3 Å². The lowest BCUT2D eigenvalue weighted by Gasteiger charge is -2.35. The van der Waals surface area contributed by atoms with E-state index in [9.17, 15) is 18.0 Å². The highest BCUT2D eigenvalue weighted by molar-refractivity contribution is 5.96. The van der Waals surface area contributed by atoms with E-state index in [0.29, 0.717) is 23.7 Å². The molecule has 1 saturated carbocycles. The largest absolute Gasteiger partial charge is 0.494 e. The Hall–Kier alpha value is -2.90. The molecule has 172 valence electrons. The first-order valence-corrected chi connectivity index (χ1v) is 10.7. The molecule has 8 heteroatoms. The highest BCUT2D eigenvalue weighted by Gasteiger charge is 2.45. The van der Waals surface area contributed by atoms with Gasteiger partial charge in [0.2, 0.25) is 11.8 Å². The Labute approximate surface area is 185 Å². The summed E-state index contributed by atoms with van der Waals surface area (Å²) in [5.74, 6) is -2.61. The monoisotopic (exact) mass is 448 g/mol. The van der Waals surface area contributed by atoms with Gasteiger partial charge < -0.3 is 19.7 Å². The SMILES string of the molecule is COc1cc2c(c(OC)c1NC(=O)CC1CC(F)(F)C1)CCCN2Cc1ccc(F)cc1. The van der Waals surface area contributed by atoms with Crippen LogP contribution in [0.1, 0.15) is 36.8 Å². The number of alkyl halides is 2. The zero-order chi connectivity index (χ0) is 22.9. The molecule has 2 aromatic rings. The summed E-state index contributed by atoms with van der Waals surface area (Å²) in [5, 5.41) is 2.83. The number of anilines is 2. The summed E-state index contributed by atoms with van der Waals surface area (Å²) >= 11 is 0. The number of carbonyl (C=O) groups is 1. The van der Waals surface area contributed by atoms with Gasteiger partial charge in [-0.25, -0.2) is 13.2 Å². The zero-order valence-electron chi connectivity index (χ0n) is 18.2. The number of carbonyl (C=O) groups excluding carboxylic acids is 1. The first-order valence-electron chi connectivity index (χ1n) is 10.7. The van der Waals surface area contributed by atoms with Gasteiger partial charge in [-0.1, -0.05) is 12.1 Å². The fourth-order valence-electron chi connectivity index (χ4n) is 4.61. The number of hydrogen-bond acceptors (Lipinski definition) is 4. The number of ether oxygens (including phenoxy) is 2. The molecule has 1 fully saturated rings. The van der Waals surface area contributed by atoms with E-state index in [1.807, 2.05) is 6.07 Å². The van der Waals surface area contributed by atoms with Crippen LogP contribution < -0.4 is 19.7 Å². The van der Waals surface area contributed by atoms with E-state index in [0.717, 1.165) is 36.2 Å². The molecule has 0 spiro atoms. The summed E-state index contributed by atoms with van der Waals surface area (Å²) in [6.45, 7) is 1.42. The van der Waals surface area contributed by atoms with Crippen molar-refractivity contribution in [3.8, 4) is 11.5 Å². The minimum Gasteiger partial charge on any atom is -0.494 e. The second-order valence-corrected chi connectivity index (χ2v) is 8.52. The van der Waals surface area contributed by atoms with Crippen LogP contribution in [0.25, 0.3) is 0 Å². The number of fused-ring (bicyclic) bond motifs is 1. The van der Waals surface area contributed by atoms with E-state index >= 15 is 0 Å². The van der Waals surface area contributed by atoms with Crippen molar-refractivity contribution in [1.82, 2.24) is 0 Å². The van der Waals surface area contributed by atoms with Crippen LogP contribution in [0.3, 0.4) is 0 Å². The Balaban J connectivity index is 1.59. The fourth-order valence-corrected chi connectivity index (χ4v) is 4.61. The van der Waals surface area contributed by atoms with Crippen molar-refractivity contribution in [3.63, 3.8) is 0 Å². The van der Waals surface area contributed by atoms with Crippen molar-refractivity contribution in [2.24, 2.45) is 5.92 Å². The smallest absolute Gasteiger partial charge is 0.248 e. The summed E-state index contributed by atoms with van der Waals surface area (Å²) in [4.78, 5) is 14.7. The molecule has 1 aliphatic carbocycles. The van der Waals surface area contributed by atoms with Gasteiger partial charge >= 0.3 is 0 Å². The first kappa shape index (κ1) is 22.3. The molecule has 0 atom stereocenters. The van der Waals surface area contributed by atoms with Crippen LogP contribution in [-0.4, -0.2) is 32.6 Å². The molecule has 0 radical (unpaired) electrons. The van der Waals surface area contributed by atoms with Crippen molar-refractivity contribution < 1.29 is 27.4 Å². The molecule has 1 heterocycles. The van der Waals surface area contributed by atoms with Gasteiger partial charge in [0.15, 0.2) is 5.75 Å². The van der Waals surface area contributed by atoms with E-state index in [1.54, 1.807) is 12.1 Å². The van der Waals surface area contributed by atoms with E-state index in [1.165, 1.54) is 26.4 Å². The molecule has 4 rings (SSSR count). The highest BCUT2D eigenvalue weighted by Crippen LogP contribution is 2.47. The molecule has 1 aliphatic heterocycles. The summed E-state index contributed by atoms with van der Waals surface area (Å²) in [5.41, 5.74) is 3.29. The molecule has 5 nitrogen and oxygen atoms in total. The van der Waals surface area contributed by atoms with Crippen LogP contribution in [-0.2, 0) is 17.8 Å². The fraction of sp³-hybridized carbons (Fsp3) is 0.458. The third-order valence-electron chi connectivity index (χ3n) is 6.14. The molecule has 0 unspecified atom stereocenters. The maximum Gasteiger partial charge on any atom is 0.248 e. The number of nitrogens with one attached hydrogen (secondary N) is 1. The lowest BCUT2D eigenvalue weighted by molar-refractivity contribution is -0.129. The predicted octanol–water partition coefficient (Wildman–Crippen LogP) is 5.17. The molecule has 0 aromatic heterocycles. The average Bonchev–Trinajstić information content (AvgIpc) is 2.73. The van der Waals surface area contributed by atoms with E-state index in [2.05, 4.69) is 10.2 Å². The highest BCUT2D eigenvalue weighted by atomic mass is 19.3. The molecule has 2 aromatic carbocycles. The summed E-state index contributed by atoms with van der Waals surface area (Å²) in [6, 6.07) is 8.27. The minimum atomic E-state index is -2.65. The van der Waals surface area contributed by atoms with Gasteiger partial charge in [0.05, 0.1) is 14.2 Å². The maximum atomic E-state index is 13.3. The predicted molar refractivity (Wildman–Crippen MR) is 116 cm³/mol. The van der Waals surface area contributed by atoms with E-state index in [4.69, 9.17) is 9.47 Å². The Bertz CT molecular complexity index is 987. The molecular formula is C24H27F3N2O3. The number of nitrogens with zero attached hydrogens (tertiary/aromatic N) is 1. The van der Waals surface area contributed by atoms with Gasteiger partial charge in [-0.2, -0.15) is 0 Å². The summed E-state index contributed by atoms with van der Waals surface area (Å²) < 4.78 is 50.7. The van der Waals surface area contributed by atoms with Crippen LogP contribution in [0.5, 0.6) is 11.5 Å².